The van der Waals surface area contributed by atoms with Crippen LogP contribution >= 0.6 is 11.8 Å². The monoisotopic (exact) mass is 256 g/mol. The van der Waals surface area contributed by atoms with Crippen LogP contribution in [0.25, 0.3) is 0 Å². The van der Waals surface area contributed by atoms with E-state index in [-0.39, 0.29) is 5.84 Å². The van der Waals surface area contributed by atoms with Crippen LogP contribution in [0.1, 0.15) is 16.7 Å². The molecule has 0 aromatic heterocycles. The number of hydrogen-bond acceptors (Lipinski definition) is 2. The Hall–Kier alpha value is -1.74. The number of aryl methyl sites for hydroxylation is 1. The van der Waals surface area contributed by atoms with Gasteiger partial charge in [0.15, 0.2) is 0 Å². The zero-order chi connectivity index (χ0) is 13.0. The maximum absolute atomic E-state index is 7.62. The summed E-state index contributed by atoms with van der Waals surface area (Å²) in [5.74, 6) is 1.03. The second-order valence-corrected chi connectivity index (χ2v) is 5.20. The van der Waals surface area contributed by atoms with Crippen molar-refractivity contribution >= 4 is 17.6 Å². The molecule has 2 nitrogen and oxygen atoms in total. The molecule has 0 radical (unpaired) electrons. The van der Waals surface area contributed by atoms with E-state index in [9.17, 15) is 0 Å². The summed E-state index contributed by atoms with van der Waals surface area (Å²) in [5.41, 5.74) is 8.86. The number of amidine groups is 1. The quantitative estimate of drug-likeness (QED) is 0.499. The Morgan fingerprint density at radius 3 is 2.56 bits per heavy atom. The predicted molar refractivity (Wildman–Crippen MR) is 78.2 cm³/mol. The molecule has 18 heavy (non-hydrogen) atoms. The molecule has 0 bridgehead atoms. The van der Waals surface area contributed by atoms with E-state index in [1.807, 2.05) is 37.3 Å². The maximum atomic E-state index is 7.62. The van der Waals surface area contributed by atoms with Gasteiger partial charge in [-0.2, -0.15) is 0 Å². The standard InChI is InChI=1S/C15H16N2S/c1-11-7-8-14(13(9-11)15(16)17)18-10-12-5-3-2-4-6-12/h2-9H,10H2,1H3,(H3,16,17). The first-order valence-corrected chi connectivity index (χ1v) is 6.77. The van der Waals surface area contributed by atoms with Crippen molar-refractivity contribution < 1.29 is 0 Å². The predicted octanol–water partition coefficient (Wildman–Crippen LogP) is 3.57. The average molecular weight is 256 g/mol. The zero-order valence-corrected chi connectivity index (χ0v) is 11.1. The molecule has 0 atom stereocenters. The number of rotatable bonds is 4. The Morgan fingerprint density at radius 2 is 1.89 bits per heavy atom. The largest absolute Gasteiger partial charge is 0.384 e. The first-order chi connectivity index (χ1) is 8.66. The van der Waals surface area contributed by atoms with Gasteiger partial charge in [-0.1, -0.05) is 42.0 Å². The highest BCUT2D eigenvalue weighted by Gasteiger charge is 2.06. The lowest BCUT2D eigenvalue weighted by molar-refractivity contribution is 1.29. The number of nitrogens with one attached hydrogen (secondary N) is 1. The van der Waals surface area contributed by atoms with Crippen molar-refractivity contribution in [3.63, 3.8) is 0 Å². The van der Waals surface area contributed by atoms with E-state index < -0.39 is 0 Å². The number of nitrogens with two attached hydrogens (primary N) is 1. The van der Waals surface area contributed by atoms with Crippen molar-refractivity contribution in [3.05, 3.63) is 65.2 Å². The topological polar surface area (TPSA) is 49.9 Å². The molecule has 0 unspecified atom stereocenters. The number of hydrogen-bond donors (Lipinski definition) is 2. The maximum Gasteiger partial charge on any atom is 0.123 e. The number of nitrogen functional groups attached to an aromatic ring is 1. The highest BCUT2D eigenvalue weighted by molar-refractivity contribution is 7.98. The first kappa shape index (κ1) is 12.7. The van der Waals surface area contributed by atoms with Gasteiger partial charge in [0.25, 0.3) is 0 Å². The first-order valence-electron chi connectivity index (χ1n) is 5.78. The minimum atomic E-state index is 0.134. The summed E-state index contributed by atoms with van der Waals surface area (Å²) < 4.78 is 0. The van der Waals surface area contributed by atoms with Crippen molar-refractivity contribution in [2.45, 2.75) is 17.6 Å². The van der Waals surface area contributed by atoms with Crippen LogP contribution in [0.4, 0.5) is 0 Å². The Morgan fingerprint density at radius 1 is 1.17 bits per heavy atom. The van der Waals surface area contributed by atoms with E-state index in [1.165, 1.54) is 5.56 Å². The molecule has 2 aromatic rings. The average Bonchev–Trinajstić information content (AvgIpc) is 2.38. The molecule has 0 saturated carbocycles. The van der Waals surface area contributed by atoms with Gasteiger partial charge in [-0.25, -0.2) is 0 Å². The molecule has 0 spiro atoms. The fraction of sp³-hybridized carbons (Fsp3) is 0.133. The van der Waals surface area contributed by atoms with Gasteiger partial charge in [0.05, 0.1) is 0 Å². The molecule has 2 rings (SSSR count). The minimum Gasteiger partial charge on any atom is -0.384 e. The summed E-state index contributed by atoms with van der Waals surface area (Å²) in [6, 6.07) is 16.4. The summed E-state index contributed by atoms with van der Waals surface area (Å²) in [5, 5.41) is 7.62. The number of benzene rings is 2. The molecular formula is C15H16N2S. The molecule has 0 saturated heterocycles. The van der Waals surface area contributed by atoms with Gasteiger partial charge in [0.2, 0.25) is 0 Å². The molecule has 0 fully saturated rings. The lowest BCUT2D eigenvalue weighted by Gasteiger charge is -2.09. The molecule has 0 aliphatic carbocycles. The van der Waals surface area contributed by atoms with Gasteiger partial charge in [-0.15, -0.1) is 11.8 Å². The van der Waals surface area contributed by atoms with Crippen LogP contribution in [0, 0.1) is 12.3 Å². The van der Waals surface area contributed by atoms with E-state index in [2.05, 4.69) is 18.2 Å². The van der Waals surface area contributed by atoms with E-state index in [0.29, 0.717) is 0 Å². The highest BCUT2D eigenvalue weighted by Crippen LogP contribution is 2.26. The molecule has 0 aliphatic heterocycles. The van der Waals surface area contributed by atoms with Gasteiger partial charge >= 0.3 is 0 Å². The third kappa shape index (κ3) is 3.14. The van der Waals surface area contributed by atoms with Crippen molar-refractivity contribution in [1.82, 2.24) is 0 Å². The van der Waals surface area contributed by atoms with Crippen molar-refractivity contribution in [3.8, 4) is 0 Å². The van der Waals surface area contributed by atoms with Crippen molar-refractivity contribution in [2.75, 3.05) is 0 Å². The summed E-state index contributed by atoms with van der Waals surface area (Å²) in [7, 11) is 0. The lowest BCUT2D eigenvalue weighted by atomic mass is 10.1. The van der Waals surface area contributed by atoms with E-state index in [4.69, 9.17) is 11.1 Å². The molecular weight excluding hydrogens is 240 g/mol. The van der Waals surface area contributed by atoms with Crippen molar-refractivity contribution in [1.29, 1.82) is 5.41 Å². The summed E-state index contributed by atoms with van der Waals surface area (Å²) >= 11 is 1.72. The molecule has 2 aromatic carbocycles. The second kappa shape index (κ2) is 5.74. The van der Waals surface area contributed by atoms with E-state index in [1.54, 1.807) is 11.8 Å². The fourth-order valence-corrected chi connectivity index (χ4v) is 2.72. The second-order valence-electron chi connectivity index (χ2n) is 4.19. The normalized spacial score (nSPS) is 10.3. The molecule has 92 valence electrons. The van der Waals surface area contributed by atoms with Crippen LogP contribution in [0.5, 0.6) is 0 Å². The van der Waals surface area contributed by atoms with E-state index in [0.717, 1.165) is 21.8 Å². The summed E-state index contributed by atoms with van der Waals surface area (Å²) in [6.45, 7) is 2.01. The Kier molecular flexibility index (Phi) is 4.05. The molecule has 0 heterocycles. The van der Waals surface area contributed by atoms with Crippen LogP contribution < -0.4 is 5.73 Å². The fourth-order valence-electron chi connectivity index (χ4n) is 1.72. The zero-order valence-electron chi connectivity index (χ0n) is 10.3. The molecule has 3 N–H and O–H groups in total. The Bertz CT molecular complexity index is 550. The minimum absolute atomic E-state index is 0.134. The van der Waals surface area contributed by atoms with Gasteiger partial charge in [0.1, 0.15) is 5.84 Å². The van der Waals surface area contributed by atoms with Gasteiger partial charge in [-0.3, -0.25) is 5.41 Å². The molecule has 3 heteroatoms. The molecule has 0 aliphatic rings. The molecule has 0 amide bonds. The third-order valence-electron chi connectivity index (χ3n) is 2.66. The van der Waals surface area contributed by atoms with Crippen LogP contribution in [-0.4, -0.2) is 5.84 Å². The Labute approximate surface area is 112 Å². The van der Waals surface area contributed by atoms with E-state index >= 15 is 0 Å². The smallest absolute Gasteiger partial charge is 0.123 e. The van der Waals surface area contributed by atoms with Crippen LogP contribution in [0.15, 0.2) is 53.4 Å². The van der Waals surface area contributed by atoms with Crippen LogP contribution in [0.2, 0.25) is 0 Å². The van der Waals surface area contributed by atoms with Gasteiger partial charge in [0, 0.05) is 16.2 Å². The third-order valence-corrected chi connectivity index (χ3v) is 3.81. The summed E-state index contributed by atoms with van der Waals surface area (Å²) in [6.07, 6.45) is 0. The SMILES string of the molecule is Cc1ccc(SCc2ccccc2)c(C(=N)N)c1. The Balaban J connectivity index is 2.17. The van der Waals surface area contributed by atoms with Gasteiger partial charge in [-0.05, 0) is 24.6 Å². The number of thioether (sulfide) groups is 1. The van der Waals surface area contributed by atoms with Crippen LogP contribution in [-0.2, 0) is 5.75 Å². The highest BCUT2D eigenvalue weighted by atomic mass is 32.2. The lowest BCUT2D eigenvalue weighted by Crippen LogP contribution is -2.12. The summed E-state index contributed by atoms with van der Waals surface area (Å²) in [4.78, 5) is 1.07. The van der Waals surface area contributed by atoms with Gasteiger partial charge < -0.3 is 5.73 Å². The van der Waals surface area contributed by atoms with Crippen molar-refractivity contribution in [2.24, 2.45) is 5.73 Å². The van der Waals surface area contributed by atoms with Crippen LogP contribution in [0.3, 0.4) is 0 Å².